The third kappa shape index (κ3) is 8.82. The van der Waals surface area contributed by atoms with Crippen LogP contribution in [0.3, 0.4) is 0 Å². The summed E-state index contributed by atoms with van der Waals surface area (Å²) in [4.78, 5) is 28.3. The Balaban J connectivity index is 2.24. The molecule has 0 aliphatic carbocycles. The summed E-state index contributed by atoms with van der Waals surface area (Å²) in [5, 5.41) is 3.50. The molecule has 0 aliphatic heterocycles. The summed E-state index contributed by atoms with van der Waals surface area (Å²) in [5.41, 5.74) is 2.05. The van der Waals surface area contributed by atoms with E-state index in [9.17, 15) is 18.0 Å². The lowest BCUT2D eigenvalue weighted by molar-refractivity contribution is -0.142. The highest BCUT2D eigenvalue weighted by Crippen LogP contribution is 2.22. The summed E-state index contributed by atoms with van der Waals surface area (Å²) in [5.74, 6) is -0.399. The van der Waals surface area contributed by atoms with Crippen LogP contribution in [0, 0.1) is 6.92 Å². The van der Waals surface area contributed by atoms with Gasteiger partial charge in [0.25, 0.3) is 0 Å². The molecule has 0 fully saturated rings. The van der Waals surface area contributed by atoms with Crippen LogP contribution in [0.5, 0.6) is 0 Å². The molecule has 2 amide bonds. The molecule has 0 saturated carbocycles. The molecule has 36 heavy (non-hydrogen) atoms. The molecule has 1 N–H and O–H groups in total. The van der Waals surface area contributed by atoms with Crippen molar-refractivity contribution in [1.29, 1.82) is 0 Å². The lowest BCUT2D eigenvalue weighted by atomic mass is 10.0. The monoisotopic (exact) mass is 535 g/mol. The number of halogens is 1. The third-order valence-electron chi connectivity index (χ3n) is 5.75. The van der Waals surface area contributed by atoms with E-state index in [1.807, 2.05) is 58.9 Å². The van der Waals surface area contributed by atoms with E-state index in [2.05, 4.69) is 5.32 Å². The van der Waals surface area contributed by atoms with Crippen molar-refractivity contribution >= 4 is 39.1 Å². The van der Waals surface area contributed by atoms with Crippen LogP contribution in [0.2, 0.25) is 5.02 Å². The van der Waals surface area contributed by atoms with Crippen LogP contribution in [0.1, 0.15) is 58.1 Å². The Hall–Kier alpha value is -2.58. The van der Waals surface area contributed by atoms with Gasteiger partial charge in [-0.25, -0.2) is 8.42 Å². The van der Waals surface area contributed by atoms with Crippen molar-refractivity contribution in [3.05, 3.63) is 64.7 Å². The Morgan fingerprint density at radius 2 is 1.67 bits per heavy atom. The molecule has 7 nitrogen and oxygen atoms in total. The minimum Gasteiger partial charge on any atom is -0.350 e. The standard InChI is InChI=1S/C27H38ClN3O4S/c1-7-24(26(33)29-27(3,4)5)30(19-21-12-9-8-11-20(21)2)25(32)13-10-18-31(36(6,34)35)23-16-14-22(28)15-17-23/h8-9,11-12,14-17,24H,7,10,13,18-19H2,1-6H3,(H,29,33)/t24-/m1/s1. The SMILES string of the molecule is CC[C@H](C(=O)NC(C)(C)C)N(Cc1ccccc1C)C(=O)CCCN(c1ccc(Cl)cc1)S(C)(=O)=O. The van der Waals surface area contributed by atoms with Crippen LogP contribution in [-0.2, 0) is 26.2 Å². The summed E-state index contributed by atoms with van der Waals surface area (Å²) in [6.07, 6.45) is 2.00. The van der Waals surface area contributed by atoms with Crippen molar-refractivity contribution in [1.82, 2.24) is 10.2 Å². The van der Waals surface area contributed by atoms with E-state index in [0.29, 0.717) is 30.1 Å². The van der Waals surface area contributed by atoms with Crippen molar-refractivity contribution in [2.45, 2.75) is 72.0 Å². The molecule has 0 aliphatic rings. The minimum absolute atomic E-state index is 0.102. The van der Waals surface area contributed by atoms with Gasteiger partial charge < -0.3 is 10.2 Å². The van der Waals surface area contributed by atoms with E-state index in [0.717, 1.165) is 17.4 Å². The van der Waals surface area contributed by atoms with Gasteiger partial charge in [0.05, 0.1) is 11.9 Å². The van der Waals surface area contributed by atoms with E-state index in [1.54, 1.807) is 29.2 Å². The fraction of sp³-hybridized carbons (Fsp3) is 0.481. The number of carbonyl (C=O) groups excluding carboxylic acids is 2. The normalized spacial score (nSPS) is 12.6. The number of rotatable bonds is 11. The van der Waals surface area contributed by atoms with Gasteiger partial charge in [-0.2, -0.15) is 0 Å². The summed E-state index contributed by atoms with van der Waals surface area (Å²) < 4.78 is 26.1. The average Bonchev–Trinajstić information content (AvgIpc) is 2.76. The van der Waals surface area contributed by atoms with Crippen LogP contribution in [-0.4, -0.2) is 49.5 Å². The van der Waals surface area contributed by atoms with Gasteiger partial charge in [0.1, 0.15) is 6.04 Å². The van der Waals surface area contributed by atoms with E-state index in [-0.39, 0.29) is 24.8 Å². The number of carbonyl (C=O) groups is 2. The smallest absolute Gasteiger partial charge is 0.243 e. The molecule has 0 radical (unpaired) electrons. The maximum absolute atomic E-state index is 13.5. The Bertz CT molecular complexity index is 1140. The quantitative estimate of drug-likeness (QED) is 0.442. The van der Waals surface area contributed by atoms with Crippen molar-refractivity contribution in [2.75, 3.05) is 17.1 Å². The second kappa shape index (κ2) is 12.6. The van der Waals surface area contributed by atoms with E-state index >= 15 is 0 Å². The molecule has 9 heteroatoms. The van der Waals surface area contributed by atoms with Gasteiger partial charge in [-0.15, -0.1) is 0 Å². The maximum Gasteiger partial charge on any atom is 0.243 e. The molecule has 0 spiro atoms. The van der Waals surface area contributed by atoms with Crippen LogP contribution < -0.4 is 9.62 Å². The first kappa shape index (κ1) is 29.6. The predicted octanol–water partition coefficient (Wildman–Crippen LogP) is 4.92. The van der Waals surface area contributed by atoms with Gasteiger partial charge >= 0.3 is 0 Å². The lowest BCUT2D eigenvalue weighted by Gasteiger charge is -2.33. The molecular formula is C27H38ClN3O4S. The second-order valence-corrected chi connectivity index (χ2v) is 12.4. The largest absolute Gasteiger partial charge is 0.350 e. The Morgan fingerprint density at radius 1 is 1.06 bits per heavy atom. The van der Waals surface area contributed by atoms with Gasteiger partial charge in [0.2, 0.25) is 21.8 Å². The van der Waals surface area contributed by atoms with Crippen molar-refractivity contribution in [3.8, 4) is 0 Å². The number of aryl methyl sites for hydroxylation is 1. The van der Waals surface area contributed by atoms with Gasteiger partial charge in [-0.05, 0) is 75.9 Å². The van der Waals surface area contributed by atoms with Gasteiger partial charge in [0, 0.05) is 30.1 Å². The third-order valence-corrected chi connectivity index (χ3v) is 7.20. The molecule has 1 atom stereocenters. The average molecular weight is 536 g/mol. The van der Waals surface area contributed by atoms with Crippen molar-refractivity contribution in [2.24, 2.45) is 0 Å². The van der Waals surface area contributed by atoms with Crippen LogP contribution in [0.25, 0.3) is 0 Å². The fourth-order valence-corrected chi connectivity index (χ4v) is 5.05. The van der Waals surface area contributed by atoms with Crippen LogP contribution in [0.15, 0.2) is 48.5 Å². The molecule has 0 aromatic heterocycles. The Kier molecular flexibility index (Phi) is 10.4. The fourth-order valence-electron chi connectivity index (χ4n) is 3.95. The van der Waals surface area contributed by atoms with E-state index < -0.39 is 21.6 Å². The number of anilines is 1. The first-order valence-electron chi connectivity index (χ1n) is 12.1. The zero-order valence-electron chi connectivity index (χ0n) is 22.0. The summed E-state index contributed by atoms with van der Waals surface area (Å²) >= 11 is 5.95. The molecule has 2 rings (SSSR count). The summed E-state index contributed by atoms with van der Waals surface area (Å²) in [6, 6.07) is 13.7. The van der Waals surface area contributed by atoms with Crippen molar-refractivity contribution < 1.29 is 18.0 Å². The molecule has 0 bridgehead atoms. The number of hydrogen-bond acceptors (Lipinski definition) is 4. The van der Waals surface area contributed by atoms with Crippen LogP contribution in [0.4, 0.5) is 5.69 Å². The Morgan fingerprint density at radius 3 is 2.19 bits per heavy atom. The lowest BCUT2D eigenvalue weighted by Crippen LogP contribution is -2.53. The van der Waals surface area contributed by atoms with Crippen molar-refractivity contribution in [3.63, 3.8) is 0 Å². The molecule has 0 heterocycles. The van der Waals surface area contributed by atoms with E-state index in [1.165, 1.54) is 4.31 Å². The van der Waals surface area contributed by atoms with Gasteiger partial charge in [-0.3, -0.25) is 13.9 Å². The van der Waals surface area contributed by atoms with Crippen LogP contribution >= 0.6 is 11.6 Å². The molecule has 0 unspecified atom stereocenters. The summed E-state index contributed by atoms with van der Waals surface area (Å²) in [7, 11) is -3.56. The first-order chi connectivity index (χ1) is 16.7. The molecule has 0 saturated heterocycles. The number of nitrogens with zero attached hydrogens (tertiary/aromatic N) is 2. The Labute approximate surface area is 220 Å². The van der Waals surface area contributed by atoms with E-state index in [4.69, 9.17) is 11.6 Å². The number of hydrogen-bond donors (Lipinski definition) is 1. The number of amides is 2. The molecule has 198 valence electrons. The maximum atomic E-state index is 13.5. The first-order valence-corrected chi connectivity index (χ1v) is 14.3. The highest BCUT2D eigenvalue weighted by Gasteiger charge is 2.31. The zero-order valence-corrected chi connectivity index (χ0v) is 23.6. The minimum atomic E-state index is -3.56. The highest BCUT2D eigenvalue weighted by molar-refractivity contribution is 7.92. The topological polar surface area (TPSA) is 86.8 Å². The molecule has 2 aromatic carbocycles. The number of benzene rings is 2. The predicted molar refractivity (Wildman–Crippen MR) is 147 cm³/mol. The number of sulfonamides is 1. The second-order valence-electron chi connectivity index (χ2n) is 10.0. The molecule has 2 aromatic rings. The van der Waals surface area contributed by atoms with Gasteiger partial charge in [-0.1, -0.05) is 42.8 Å². The highest BCUT2D eigenvalue weighted by atomic mass is 35.5. The zero-order chi connectivity index (χ0) is 27.1. The van der Waals surface area contributed by atoms with Gasteiger partial charge in [0.15, 0.2) is 0 Å². The number of nitrogens with one attached hydrogen (secondary N) is 1. The molecular weight excluding hydrogens is 498 g/mol. The summed E-state index contributed by atoms with van der Waals surface area (Å²) in [6.45, 7) is 10.0.